The van der Waals surface area contributed by atoms with E-state index in [1.807, 2.05) is 19.9 Å². The maximum Gasteiger partial charge on any atom is 0.169 e. The van der Waals surface area contributed by atoms with E-state index in [2.05, 4.69) is 32.4 Å². The number of rotatable bonds is 5. The molecule has 1 heterocycles. The Morgan fingerprint density at radius 2 is 1.70 bits per heavy atom. The first kappa shape index (κ1) is 17.3. The second-order valence-electron chi connectivity index (χ2n) is 5.16. The third kappa shape index (κ3) is 4.47. The number of fused-ring (bicyclic) bond motifs is 1. The molecule has 0 bridgehead atoms. The number of halogens is 1. The van der Waals surface area contributed by atoms with Gasteiger partial charge in [-0.3, -0.25) is 0 Å². The molecule has 0 spiro atoms. The van der Waals surface area contributed by atoms with Gasteiger partial charge in [-0.25, -0.2) is 9.97 Å². The van der Waals surface area contributed by atoms with Gasteiger partial charge >= 0.3 is 0 Å². The standard InChI is InChI=1S/C17H21ClN4O/c1-4-19-16-17(20-5-2)22-15-10-13(18)12(9-14(15)21-16)8-6-7-11(3)23/h9-11,23H,4-5,7H2,1-3H3,(H,19,21)(H,20,22). The van der Waals surface area contributed by atoms with Crippen LogP contribution in [0.3, 0.4) is 0 Å². The first-order valence-corrected chi connectivity index (χ1v) is 8.08. The topological polar surface area (TPSA) is 70.1 Å². The molecule has 122 valence electrons. The van der Waals surface area contributed by atoms with Gasteiger partial charge in [0.05, 0.1) is 22.2 Å². The molecule has 0 radical (unpaired) electrons. The van der Waals surface area contributed by atoms with Crippen LogP contribution in [0.4, 0.5) is 11.6 Å². The molecule has 6 heteroatoms. The lowest BCUT2D eigenvalue weighted by molar-refractivity contribution is 0.201. The van der Waals surface area contributed by atoms with Crippen LogP contribution < -0.4 is 10.6 Å². The summed E-state index contributed by atoms with van der Waals surface area (Å²) >= 11 is 6.28. The Balaban J connectivity index is 2.48. The number of benzene rings is 1. The van der Waals surface area contributed by atoms with E-state index in [-0.39, 0.29) is 0 Å². The fourth-order valence-electron chi connectivity index (χ4n) is 2.05. The van der Waals surface area contributed by atoms with Crippen LogP contribution in [0.2, 0.25) is 5.02 Å². The van der Waals surface area contributed by atoms with Crippen molar-refractivity contribution >= 4 is 34.3 Å². The smallest absolute Gasteiger partial charge is 0.169 e. The lowest BCUT2D eigenvalue weighted by Crippen LogP contribution is -2.08. The number of hydrogen-bond donors (Lipinski definition) is 3. The second kappa shape index (κ2) is 8.00. The molecular weight excluding hydrogens is 312 g/mol. The molecule has 0 saturated heterocycles. The molecule has 0 aliphatic heterocycles. The predicted octanol–water partition coefficient (Wildman–Crippen LogP) is 3.27. The quantitative estimate of drug-likeness (QED) is 0.733. The summed E-state index contributed by atoms with van der Waals surface area (Å²) in [7, 11) is 0. The van der Waals surface area contributed by atoms with Crippen molar-refractivity contribution in [1.82, 2.24) is 9.97 Å². The van der Waals surface area contributed by atoms with Crippen LogP contribution in [-0.2, 0) is 0 Å². The summed E-state index contributed by atoms with van der Waals surface area (Å²) in [5, 5.41) is 16.2. The van der Waals surface area contributed by atoms with Gasteiger partial charge in [-0.15, -0.1) is 0 Å². The number of nitrogens with one attached hydrogen (secondary N) is 2. The van der Waals surface area contributed by atoms with Crippen molar-refractivity contribution < 1.29 is 5.11 Å². The van der Waals surface area contributed by atoms with E-state index in [1.165, 1.54) is 0 Å². The second-order valence-corrected chi connectivity index (χ2v) is 5.56. The fourth-order valence-corrected chi connectivity index (χ4v) is 2.25. The highest BCUT2D eigenvalue weighted by atomic mass is 35.5. The van der Waals surface area contributed by atoms with Crippen LogP contribution >= 0.6 is 11.6 Å². The summed E-state index contributed by atoms with van der Waals surface area (Å²) < 4.78 is 0. The maximum atomic E-state index is 9.27. The van der Waals surface area contributed by atoms with E-state index < -0.39 is 6.10 Å². The molecule has 0 amide bonds. The lowest BCUT2D eigenvalue weighted by Gasteiger charge is -2.11. The van der Waals surface area contributed by atoms with Gasteiger partial charge in [-0.1, -0.05) is 23.4 Å². The van der Waals surface area contributed by atoms with E-state index in [0.717, 1.165) is 18.6 Å². The Morgan fingerprint density at radius 1 is 1.13 bits per heavy atom. The highest BCUT2D eigenvalue weighted by Crippen LogP contribution is 2.26. The van der Waals surface area contributed by atoms with Crippen LogP contribution in [-0.4, -0.2) is 34.3 Å². The van der Waals surface area contributed by atoms with Gasteiger partial charge in [0.15, 0.2) is 11.6 Å². The lowest BCUT2D eigenvalue weighted by atomic mass is 10.1. The average molecular weight is 333 g/mol. The molecule has 1 unspecified atom stereocenters. The number of anilines is 2. The van der Waals surface area contributed by atoms with E-state index >= 15 is 0 Å². The Bertz CT molecular complexity index is 750. The summed E-state index contributed by atoms with van der Waals surface area (Å²) in [5.74, 6) is 7.33. The minimum atomic E-state index is -0.454. The first-order chi connectivity index (χ1) is 11.0. The summed E-state index contributed by atoms with van der Waals surface area (Å²) in [5.41, 5.74) is 2.13. The number of aliphatic hydroxyl groups is 1. The molecular formula is C17H21ClN4O. The third-order valence-electron chi connectivity index (χ3n) is 3.06. The van der Waals surface area contributed by atoms with Crippen molar-refractivity contribution in [3.8, 4) is 11.8 Å². The van der Waals surface area contributed by atoms with Gasteiger partial charge in [0, 0.05) is 25.1 Å². The molecule has 5 nitrogen and oxygen atoms in total. The largest absolute Gasteiger partial charge is 0.392 e. The summed E-state index contributed by atoms with van der Waals surface area (Å²) in [6, 6.07) is 3.60. The summed E-state index contributed by atoms with van der Waals surface area (Å²) in [6.45, 7) is 7.24. The normalized spacial score (nSPS) is 11.7. The summed E-state index contributed by atoms with van der Waals surface area (Å²) in [6.07, 6.45) is -0.0493. The molecule has 0 fully saturated rings. The van der Waals surface area contributed by atoms with E-state index in [0.29, 0.717) is 34.2 Å². The monoisotopic (exact) mass is 332 g/mol. The van der Waals surface area contributed by atoms with E-state index in [4.69, 9.17) is 11.6 Å². The highest BCUT2D eigenvalue weighted by Gasteiger charge is 2.10. The zero-order valence-electron chi connectivity index (χ0n) is 13.6. The molecule has 2 aromatic rings. The van der Waals surface area contributed by atoms with Gasteiger partial charge in [0.25, 0.3) is 0 Å². The molecule has 1 aromatic carbocycles. The van der Waals surface area contributed by atoms with Crippen LogP contribution in [0, 0.1) is 11.8 Å². The van der Waals surface area contributed by atoms with Crippen LogP contribution in [0.15, 0.2) is 12.1 Å². The van der Waals surface area contributed by atoms with Crippen LogP contribution in [0.5, 0.6) is 0 Å². The molecule has 23 heavy (non-hydrogen) atoms. The van der Waals surface area contributed by atoms with Crippen molar-refractivity contribution in [2.75, 3.05) is 23.7 Å². The Kier molecular flexibility index (Phi) is 6.03. The Labute approximate surface area is 141 Å². The number of nitrogens with zero attached hydrogens (tertiary/aromatic N) is 2. The third-order valence-corrected chi connectivity index (χ3v) is 3.37. The minimum Gasteiger partial charge on any atom is -0.392 e. The Morgan fingerprint density at radius 3 is 2.22 bits per heavy atom. The number of hydrogen-bond acceptors (Lipinski definition) is 5. The minimum absolute atomic E-state index is 0.405. The Hall–Kier alpha value is -2.03. The van der Waals surface area contributed by atoms with Gasteiger partial charge in [-0.2, -0.15) is 0 Å². The van der Waals surface area contributed by atoms with Crippen molar-refractivity contribution in [2.24, 2.45) is 0 Å². The molecule has 1 aromatic heterocycles. The van der Waals surface area contributed by atoms with Gasteiger partial charge in [0.1, 0.15) is 0 Å². The highest BCUT2D eigenvalue weighted by molar-refractivity contribution is 6.32. The van der Waals surface area contributed by atoms with Crippen LogP contribution in [0.1, 0.15) is 32.8 Å². The maximum absolute atomic E-state index is 9.27. The van der Waals surface area contributed by atoms with Crippen molar-refractivity contribution in [3.63, 3.8) is 0 Å². The molecule has 0 saturated carbocycles. The summed E-state index contributed by atoms with van der Waals surface area (Å²) in [4.78, 5) is 9.20. The van der Waals surface area contributed by atoms with E-state index in [9.17, 15) is 5.11 Å². The molecule has 2 rings (SSSR count). The zero-order chi connectivity index (χ0) is 16.8. The van der Waals surface area contributed by atoms with Gasteiger partial charge < -0.3 is 15.7 Å². The van der Waals surface area contributed by atoms with Gasteiger partial charge in [0.2, 0.25) is 0 Å². The van der Waals surface area contributed by atoms with Crippen molar-refractivity contribution in [3.05, 3.63) is 22.7 Å². The molecule has 0 aliphatic rings. The average Bonchev–Trinajstić information content (AvgIpc) is 2.49. The zero-order valence-corrected chi connectivity index (χ0v) is 14.3. The SMILES string of the molecule is CCNc1nc2cc(Cl)c(C#CCC(C)O)cc2nc1NCC. The molecule has 1 atom stereocenters. The van der Waals surface area contributed by atoms with E-state index in [1.54, 1.807) is 13.0 Å². The molecule has 0 aliphatic carbocycles. The molecule has 3 N–H and O–H groups in total. The van der Waals surface area contributed by atoms with Gasteiger partial charge in [-0.05, 0) is 32.9 Å². The first-order valence-electron chi connectivity index (χ1n) is 7.71. The number of aliphatic hydroxyl groups excluding tert-OH is 1. The van der Waals surface area contributed by atoms with Crippen molar-refractivity contribution in [1.29, 1.82) is 0 Å². The van der Waals surface area contributed by atoms with Crippen LogP contribution in [0.25, 0.3) is 11.0 Å². The fraction of sp³-hybridized carbons (Fsp3) is 0.412. The predicted molar refractivity (Wildman–Crippen MR) is 96.1 cm³/mol. The van der Waals surface area contributed by atoms with Crippen molar-refractivity contribution in [2.45, 2.75) is 33.3 Å². The number of aromatic nitrogens is 2.